The van der Waals surface area contributed by atoms with E-state index >= 15 is 0 Å². The van der Waals surface area contributed by atoms with Gasteiger partial charge in [0, 0.05) is 11.1 Å². The molecule has 0 aliphatic rings. The van der Waals surface area contributed by atoms with Crippen molar-refractivity contribution in [3.8, 4) is 0 Å². The second-order valence-electron chi connectivity index (χ2n) is 3.68. The van der Waals surface area contributed by atoms with E-state index in [0.29, 0.717) is 6.54 Å². The SMILES string of the molecule is C=CC(=O)CNC.Cc1ncnc2ccccc12. The molecule has 0 radical (unpaired) electrons. The predicted octanol–water partition coefficient (Wildman–Crippen LogP) is 1.90. The molecule has 0 saturated carbocycles. The first kappa shape index (κ1) is 14.0. The van der Waals surface area contributed by atoms with Crippen LogP contribution < -0.4 is 5.32 Å². The molecule has 0 aliphatic heterocycles. The van der Waals surface area contributed by atoms with Gasteiger partial charge in [0.2, 0.25) is 0 Å². The fourth-order valence-electron chi connectivity index (χ4n) is 1.39. The van der Waals surface area contributed by atoms with Gasteiger partial charge in [0.25, 0.3) is 0 Å². The first-order valence-electron chi connectivity index (χ1n) is 5.65. The maximum Gasteiger partial charge on any atom is 0.168 e. The molecule has 2 aromatic rings. The number of rotatable bonds is 3. The van der Waals surface area contributed by atoms with E-state index in [1.165, 1.54) is 6.08 Å². The third kappa shape index (κ3) is 4.07. The summed E-state index contributed by atoms with van der Waals surface area (Å²) in [5.41, 5.74) is 2.05. The van der Waals surface area contributed by atoms with Gasteiger partial charge in [0.15, 0.2) is 5.78 Å². The second-order valence-corrected chi connectivity index (χ2v) is 3.68. The van der Waals surface area contributed by atoms with E-state index in [1.807, 2.05) is 31.2 Å². The molecule has 0 aliphatic carbocycles. The van der Waals surface area contributed by atoms with Crippen LogP contribution in [0.5, 0.6) is 0 Å². The van der Waals surface area contributed by atoms with E-state index in [9.17, 15) is 4.79 Å². The zero-order valence-corrected chi connectivity index (χ0v) is 10.7. The number of hydrogen-bond donors (Lipinski definition) is 1. The fourth-order valence-corrected chi connectivity index (χ4v) is 1.39. The summed E-state index contributed by atoms with van der Waals surface area (Å²) in [4.78, 5) is 18.5. The normalized spacial score (nSPS) is 9.44. The lowest BCUT2D eigenvalue weighted by Gasteiger charge is -1.96. The van der Waals surface area contributed by atoms with Gasteiger partial charge < -0.3 is 5.32 Å². The van der Waals surface area contributed by atoms with Gasteiger partial charge in [-0.05, 0) is 26.1 Å². The van der Waals surface area contributed by atoms with Gasteiger partial charge in [-0.1, -0.05) is 24.8 Å². The highest BCUT2D eigenvalue weighted by atomic mass is 16.1. The third-order valence-corrected chi connectivity index (χ3v) is 2.32. The summed E-state index contributed by atoms with van der Waals surface area (Å²) >= 11 is 0. The Bertz CT molecular complexity index is 532. The lowest BCUT2D eigenvalue weighted by atomic mass is 10.2. The largest absolute Gasteiger partial charge is 0.313 e. The van der Waals surface area contributed by atoms with Gasteiger partial charge in [0.1, 0.15) is 6.33 Å². The molecule has 0 spiro atoms. The van der Waals surface area contributed by atoms with E-state index in [0.717, 1.165) is 16.6 Å². The summed E-state index contributed by atoms with van der Waals surface area (Å²) in [7, 11) is 1.72. The molecular weight excluding hydrogens is 226 g/mol. The average molecular weight is 243 g/mol. The van der Waals surface area contributed by atoms with E-state index in [1.54, 1.807) is 13.4 Å². The smallest absolute Gasteiger partial charge is 0.168 e. The zero-order chi connectivity index (χ0) is 13.4. The number of aromatic nitrogens is 2. The molecule has 1 aromatic carbocycles. The van der Waals surface area contributed by atoms with Crippen molar-refractivity contribution in [2.24, 2.45) is 0 Å². The highest BCUT2D eigenvalue weighted by molar-refractivity contribution is 5.90. The Balaban J connectivity index is 0.000000203. The Morgan fingerprint density at radius 1 is 1.39 bits per heavy atom. The quantitative estimate of drug-likeness (QED) is 0.836. The van der Waals surface area contributed by atoms with Crippen LogP contribution in [0.3, 0.4) is 0 Å². The summed E-state index contributed by atoms with van der Waals surface area (Å²) in [5.74, 6) is 0.0301. The highest BCUT2D eigenvalue weighted by Gasteiger charge is 1.94. The molecule has 0 bridgehead atoms. The highest BCUT2D eigenvalue weighted by Crippen LogP contribution is 2.11. The molecular formula is C14H17N3O. The van der Waals surface area contributed by atoms with Gasteiger partial charge in [-0.15, -0.1) is 0 Å². The van der Waals surface area contributed by atoms with Gasteiger partial charge >= 0.3 is 0 Å². The topological polar surface area (TPSA) is 54.9 Å². The van der Waals surface area contributed by atoms with Gasteiger partial charge in [-0.2, -0.15) is 0 Å². The number of para-hydroxylation sites is 1. The van der Waals surface area contributed by atoms with Crippen molar-refractivity contribution in [1.29, 1.82) is 0 Å². The molecule has 4 heteroatoms. The van der Waals surface area contributed by atoms with Gasteiger partial charge in [-0.3, -0.25) is 4.79 Å². The molecule has 1 heterocycles. The molecule has 4 nitrogen and oxygen atoms in total. The van der Waals surface area contributed by atoms with Crippen LogP contribution in [-0.4, -0.2) is 29.3 Å². The average Bonchev–Trinajstić information content (AvgIpc) is 2.40. The molecule has 18 heavy (non-hydrogen) atoms. The Kier molecular flexibility index (Phi) is 5.67. The van der Waals surface area contributed by atoms with Crippen molar-refractivity contribution in [1.82, 2.24) is 15.3 Å². The predicted molar refractivity (Wildman–Crippen MR) is 73.4 cm³/mol. The number of nitrogens with zero attached hydrogens (tertiary/aromatic N) is 2. The molecule has 0 saturated heterocycles. The number of aryl methyl sites for hydroxylation is 1. The van der Waals surface area contributed by atoms with Crippen molar-refractivity contribution >= 4 is 16.7 Å². The fraction of sp³-hybridized carbons (Fsp3) is 0.214. The monoisotopic (exact) mass is 243 g/mol. The standard InChI is InChI=1S/C9H8N2.C5H9NO/c1-7-8-4-2-3-5-9(8)11-6-10-7;1-3-5(7)4-6-2/h2-6H,1H3;3,6H,1,4H2,2H3. The molecule has 94 valence electrons. The number of ketones is 1. The van der Waals surface area contributed by atoms with E-state index < -0.39 is 0 Å². The van der Waals surface area contributed by atoms with Crippen molar-refractivity contribution < 1.29 is 4.79 Å². The second kappa shape index (κ2) is 7.29. The molecule has 1 aromatic heterocycles. The number of benzene rings is 1. The summed E-state index contributed by atoms with van der Waals surface area (Å²) in [6.07, 6.45) is 2.90. The van der Waals surface area contributed by atoms with Crippen LogP contribution in [0.25, 0.3) is 10.9 Å². The maximum atomic E-state index is 10.2. The number of hydrogen-bond acceptors (Lipinski definition) is 4. The van der Waals surface area contributed by atoms with Gasteiger partial charge in [-0.25, -0.2) is 9.97 Å². The van der Waals surface area contributed by atoms with Crippen LogP contribution in [0.4, 0.5) is 0 Å². The Morgan fingerprint density at radius 3 is 2.67 bits per heavy atom. The molecule has 2 rings (SSSR count). The van der Waals surface area contributed by atoms with Gasteiger partial charge in [0.05, 0.1) is 12.1 Å². The molecule has 0 amide bonds. The van der Waals surface area contributed by atoms with Crippen LogP contribution in [0.15, 0.2) is 43.2 Å². The number of carbonyl (C=O) groups excluding carboxylic acids is 1. The minimum absolute atomic E-state index is 0.0301. The zero-order valence-electron chi connectivity index (χ0n) is 10.7. The van der Waals surface area contributed by atoms with Crippen LogP contribution in [0.1, 0.15) is 5.69 Å². The number of nitrogens with one attached hydrogen (secondary N) is 1. The third-order valence-electron chi connectivity index (χ3n) is 2.32. The van der Waals surface area contributed by atoms with E-state index in [4.69, 9.17) is 0 Å². The van der Waals surface area contributed by atoms with E-state index in [-0.39, 0.29) is 5.78 Å². The van der Waals surface area contributed by atoms with Crippen molar-refractivity contribution in [3.63, 3.8) is 0 Å². The van der Waals surface area contributed by atoms with E-state index in [2.05, 4.69) is 21.9 Å². The first-order valence-corrected chi connectivity index (χ1v) is 5.65. The number of fused-ring (bicyclic) bond motifs is 1. The Morgan fingerprint density at radius 2 is 2.11 bits per heavy atom. The number of likely N-dealkylation sites (N-methyl/N-ethyl adjacent to an activating group) is 1. The summed E-state index contributed by atoms with van der Waals surface area (Å²) in [6.45, 7) is 5.67. The first-order chi connectivity index (χ1) is 8.69. The van der Waals surface area contributed by atoms with Crippen LogP contribution >= 0.6 is 0 Å². The summed E-state index contributed by atoms with van der Waals surface area (Å²) in [5, 5.41) is 3.83. The molecule has 0 fully saturated rings. The number of carbonyl (C=O) groups is 1. The van der Waals surface area contributed by atoms with Crippen LogP contribution in [0.2, 0.25) is 0 Å². The van der Waals surface area contributed by atoms with Crippen LogP contribution in [-0.2, 0) is 4.79 Å². The Labute approximate surface area is 107 Å². The summed E-state index contributed by atoms with van der Waals surface area (Å²) in [6, 6.07) is 8.00. The minimum Gasteiger partial charge on any atom is -0.313 e. The van der Waals surface area contributed by atoms with Crippen LogP contribution in [0, 0.1) is 6.92 Å². The summed E-state index contributed by atoms with van der Waals surface area (Å²) < 4.78 is 0. The maximum absolute atomic E-state index is 10.2. The molecule has 0 unspecified atom stereocenters. The Hall–Kier alpha value is -2.07. The lowest BCUT2D eigenvalue weighted by molar-refractivity contribution is -0.113. The van der Waals surface area contributed by atoms with Crippen molar-refractivity contribution in [2.75, 3.05) is 13.6 Å². The lowest BCUT2D eigenvalue weighted by Crippen LogP contribution is -2.15. The van der Waals surface area contributed by atoms with Crippen molar-refractivity contribution in [2.45, 2.75) is 6.92 Å². The molecule has 0 atom stereocenters. The molecule has 1 N–H and O–H groups in total. The van der Waals surface area contributed by atoms with Crippen molar-refractivity contribution in [3.05, 3.63) is 48.9 Å². The minimum atomic E-state index is 0.0301.